The van der Waals surface area contributed by atoms with Crippen LogP contribution in [0.1, 0.15) is 47.2 Å². The van der Waals surface area contributed by atoms with Gasteiger partial charge >= 0.3 is 0 Å². The number of aromatic nitrogens is 3. The molecule has 49 heavy (non-hydrogen) atoms. The smallest absolute Gasteiger partial charge is 0.164 e. The van der Waals surface area contributed by atoms with Crippen molar-refractivity contribution < 1.29 is 0 Å². The fraction of sp³-hybridized carbons (Fsp3) is 0.152. The van der Waals surface area contributed by atoms with Gasteiger partial charge in [-0.1, -0.05) is 123 Å². The molecule has 1 aromatic heterocycles. The van der Waals surface area contributed by atoms with Crippen molar-refractivity contribution in [3.8, 4) is 67.5 Å². The molecule has 0 spiro atoms. The fourth-order valence-electron chi connectivity index (χ4n) is 7.57. The van der Waals surface area contributed by atoms with E-state index in [1.54, 1.807) is 0 Å². The molecule has 0 saturated carbocycles. The van der Waals surface area contributed by atoms with Crippen molar-refractivity contribution in [1.29, 1.82) is 0 Å². The normalized spacial score (nSPS) is 12.9. The van der Waals surface area contributed by atoms with Gasteiger partial charge in [-0.05, 0) is 113 Å². The number of rotatable bonds is 5. The lowest BCUT2D eigenvalue weighted by atomic mass is 9.82. The first-order chi connectivity index (χ1) is 23.7. The van der Waals surface area contributed by atoms with E-state index in [0.717, 1.165) is 16.7 Å². The number of hydrogen-bond acceptors (Lipinski definition) is 3. The van der Waals surface area contributed by atoms with E-state index in [0.29, 0.717) is 17.5 Å². The van der Waals surface area contributed by atoms with E-state index in [4.69, 9.17) is 15.0 Å². The van der Waals surface area contributed by atoms with Crippen molar-refractivity contribution in [3.05, 3.63) is 161 Å². The lowest BCUT2D eigenvalue weighted by Crippen LogP contribution is -2.15. The van der Waals surface area contributed by atoms with Gasteiger partial charge in [0.1, 0.15) is 0 Å². The molecule has 0 bridgehead atoms. The number of fused-ring (bicyclic) bond motifs is 3. The van der Waals surface area contributed by atoms with Crippen LogP contribution in [0.25, 0.3) is 67.5 Å². The minimum atomic E-state index is -0.119. The highest BCUT2D eigenvalue weighted by Crippen LogP contribution is 2.49. The summed E-state index contributed by atoms with van der Waals surface area (Å²) in [4.78, 5) is 15.5. The average Bonchev–Trinajstić information content (AvgIpc) is 3.34. The van der Waals surface area contributed by atoms with Crippen LogP contribution < -0.4 is 0 Å². The van der Waals surface area contributed by atoms with E-state index in [-0.39, 0.29) is 5.41 Å². The van der Waals surface area contributed by atoms with E-state index >= 15 is 0 Å². The predicted molar refractivity (Wildman–Crippen MR) is 204 cm³/mol. The summed E-state index contributed by atoms with van der Waals surface area (Å²) in [6.07, 6.45) is 0. The Morgan fingerprint density at radius 2 is 0.714 bits per heavy atom. The summed E-state index contributed by atoms with van der Waals surface area (Å²) in [6, 6.07) is 45.6. The first-order valence-electron chi connectivity index (χ1n) is 17.0. The van der Waals surface area contributed by atoms with Crippen LogP contribution in [0.4, 0.5) is 0 Å². The van der Waals surface area contributed by atoms with Gasteiger partial charge in [0.2, 0.25) is 0 Å². The molecule has 3 heteroatoms. The summed E-state index contributed by atoms with van der Waals surface area (Å²) in [5, 5.41) is 0. The Morgan fingerprint density at radius 3 is 1.18 bits per heavy atom. The van der Waals surface area contributed by atoms with E-state index in [9.17, 15) is 0 Å². The van der Waals surface area contributed by atoms with Gasteiger partial charge in [0.15, 0.2) is 17.5 Å². The molecule has 1 aliphatic rings. The molecule has 0 unspecified atom stereocenters. The number of benzene rings is 6. The number of aryl methyl sites for hydroxylation is 4. The number of nitrogens with zero attached hydrogens (tertiary/aromatic N) is 3. The van der Waals surface area contributed by atoms with Crippen LogP contribution in [0.3, 0.4) is 0 Å². The topological polar surface area (TPSA) is 38.7 Å². The Balaban J connectivity index is 1.28. The summed E-state index contributed by atoms with van der Waals surface area (Å²) < 4.78 is 0. The molecule has 3 nitrogen and oxygen atoms in total. The van der Waals surface area contributed by atoms with Crippen LogP contribution in [-0.2, 0) is 5.41 Å². The zero-order valence-electron chi connectivity index (χ0n) is 29.0. The van der Waals surface area contributed by atoms with Crippen LogP contribution in [0.15, 0.2) is 127 Å². The summed E-state index contributed by atoms with van der Waals surface area (Å²) in [7, 11) is 0. The third-order valence-electron chi connectivity index (χ3n) is 10.3. The highest BCUT2D eigenvalue weighted by Gasteiger charge is 2.35. The molecule has 1 aliphatic carbocycles. The third kappa shape index (κ3) is 5.27. The molecule has 0 saturated heterocycles. The average molecular weight is 634 g/mol. The van der Waals surface area contributed by atoms with E-state index in [2.05, 4.69) is 169 Å². The molecular formula is C46H39N3. The predicted octanol–water partition coefficient (Wildman–Crippen LogP) is 11.7. The minimum absolute atomic E-state index is 0.119. The zero-order valence-corrected chi connectivity index (χ0v) is 29.0. The highest BCUT2D eigenvalue weighted by atomic mass is 15.0. The molecule has 0 fully saturated rings. The Labute approximate surface area is 289 Å². The molecular weight excluding hydrogens is 595 g/mol. The van der Waals surface area contributed by atoms with Gasteiger partial charge < -0.3 is 0 Å². The zero-order chi connectivity index (χ0) is 33.9. The van der Waals surface area contributed by atoms with Crippen LogP contribution in [0.2, 0.25) is 0 Å². The second kappa shape index (κ2) is 11.8. The maximum absolute atomic E-state index is 5.16. The summed E-state index contributed by atoms with van der Waals surface area (Å²) >= 11 is 0. The lowest BCUT2D eigenvalue weighted by Gasteiger charge is -2.21. The van der Waals surface area contributed by atoms with E-state index in [1.165, 1.54) is 66.8 Å². The molecule has 0 N–H and O–H groups in total. The third-order valence-corrected chi connectivity index (χ3v) is 10.3. The van der Waals surface area contributed by atoms with Gasteiger partial charge in [-0.25, -0.2) is 15.0 Å². The molecule has 0 radical (unpaired) electrons. The van der Waals surface area contributed by atoms with Crippen molar-refractivity contribution in [2.24, 2.45) is 0 Å². The van der Waals surface area contributed by atoms with Gasteiger partial charge in [0, 0.05) is 22.1 Å². The van der Waals surface area contributed by atoms with Crippen molar-refractivity contribution in [2.75, 3.05) is 0 Å². The minimum Gasteiger partial charge on any atom is -0.208 e. The van der Waals surface area contributed by atoms with Crippen molar-refractivity contribution in [2.45, 2.75) is 47.0 Å². The van der Waals surface area contributed by atoms with Gasteiger partial charge in [-0.15, -0.1) is 0 Å². The maximum atomic E-state index is 5.16. The Morgan fingerprint density at radius 1 is 0.347 bits per heavy atom. The van der Waals surface area contributed by atoms with Crippen molar-refractivity contribution >= 4 is 0 Å². The second-order valence-electron chi connectivity index (χ2n) is 13.9. The Kier molecular flexibility index (Phi) is 7.37. The van der Waals surface area contributed by atoms with Gasteiger partial charge in [-0.2, -0.15) is 0 Å². The molecule has 8 rings (SSSR count). The summed E-state index contributed by atoms with van der Waals surface area (Å²) in [5.74, 6) is 2.02. The first-order valence-corrected chi connectivity index (χ1v) is 17.0. The Hall–Kier alpha value is -5.67. The van der Waals surface area contributed by atoms with Crippen LogP contribution in [0, 0.1) is 27.7 Å². The van der Waals surface area contributed by atoms with Gasteiger partial charge in [0.05, 0.1) is 0 Å². The quantitative estimate of drug-likeness (QED) is 0.189. The molecule has 1 heterocycles. The van der Waals surface area contributed by atoms with Crippen LogP contribution in [-0.4, -0.2) is 15.0 Å². The molecule has 0 aliphatic heterocycles. The first kappa shape index (κ1) is 30.7. The summed E-state index contributed by atoms with van der Waals surface area (Å²) in [5.41, 5.74) is 17.9. The second-order valence-corrected chi connectivity index (χ2v) is 13.9. The number of hydrogen-bond donors (Lipinski definition) is 0. The molecule has 238 valence electrons. The van der Waals surface area contributed by atoms with E-state index < -0.39 is 0 Å². The summed E-state index contributed by atoms with van der Waals surface area (Å²) in [6.45, 7) is 13.3. The molecule has 0 amide bonds. The molecule has 6 aromatic carbocycles. The SMILES string of the molecule is Cc1ccccc1-c1ccc(-c2nc(-c3ccc(-c4ccccc4C)c(C)c3)nc(-c3ccc4c(c3)C(C)(C)c3ccccc3-4)n2)cc1C. The van der Waals surface area contributed by atoms with Gasteiger partial charge in [-0.3, -0.25) is 0 Å². The standard InChI is InChI=1S/C46H39N3/c1-28-13-7-9-15-35(28)37-22-19-32(25-30(37)3)43-47-44(33-20-23-38(31(4)26-33)36-16-10-8-14-29(36)2)49-45(48-43)34-21-24-40-39-17-11-12-18-41(39)46(5,6)42(40)27-34/h7-27H,1-6H3. The monoisotopic (exact) mass is 633 g/mol. The Bertz CT molecular complexity index is 2300. The largest absolute Gasteiger partial charge is 0.208 e. The maximum Gasteiger partial charge on any atom is 0.164 e. The highest BCUT2D eigenvalue weighted by molar-refractivity contribution is 5.83. The van der Waals surface area contributed by atoms with Crippen LogP contribution in [0.5, 0.6) is 0 Å². The van der Waals surface area contributed by atoms with E-state index in [1.807, 2.05) is 0 Å². The fourth-order valence-corrected chi connectivity index (χ4v) is 7.57. The van der Waals surface area contributed by atoms with Crippen LogP contribution >= 0.6 is 0 Å². The van der Waals surface area contributed by atoms with Crippen molar-refractivity contribution in [1.82, 2.24) is 15.0 Å². The van der Waals surface area contributed by atoms with Crippen molar-refractivity contribution in [3.63, 3.8) is 0 Å². The lowest BCUT2D eigenvalue weighted by molar-refractivity contribution is 0.660. The molecule has 7 aromatic rings. The van der Waals surface area contributed by atoms with Gasteiger partial charge in [0.25, 0.3) is 0 Å². The molecule has 0 atom stereocenters.